The van der Waals surface area contributed by atoms with Crippen LogP contribution >= 0.6 is 0 Å². The lowest BCUT2D eigenvalue weighted by Gasteiger charge is -2.33. The van der Waals surface area contributed by atoms with Gasteiger partial charge in [-0.15, -0.1) is 6.58 Å². The van der Waals surface area contributed by atoms with Crippen LogP contribution < -0.4 is 10.2 Å². The first-order chi connectivity index (χ1) is 8.63. The largest absolute Gasteiger partial charge is 0.432 e. The van der Waals surface area contributed by atoms with Crippen LogP contribution in [-0.2, 0) is 6.54 Å². The first-order valence-electron chi connectivity index (χ1n) is 6.71. The van der Waals surface area contributed by atoms with Gasteiger partial charge >= 0.3 is 0 Å². The van der Waals surface area contributed by atoms with Crippen molar-refractivity contribution in [2.24, 2.45) is 0 Å². The number of hydrogen-bond acceptors (Lipinski definition) is 4. The lowest BCUT2D eigenvalue weighted by Crippen LogP contribution is -2.42. The van der Waals surface area contributed by atoms with Crippen LogP contribution in [0.3, 0.4) is 0 Å². The molecule has 1 N–H and O–H groups in total. The predicted octanol–water partition coefficient (Wildman–Crippen LogP) is 3.35. The third kappa shape index (κ3) is 5.07. The number of nitrogens with one attached hydrogen (secondary N) is 1. The molecule has 1 rings (SSSR count). The molecule has 1 aromatic heterocycles. The van der Waals surface area contributed by atoms with Crippen LogP contribution in [0.4, 0.5) is 6.01 Å². The molecule has 0 aliphatic heterocycles. The SMILES string of the molecule is C=CCN(c1nc(CNC(C)(C)C)co1)C(C)(C)C. The molecule has 0 amide bonds. The molecule has 0 aromatic carbocycles. The minimum absolute atomic E-state index is 0.0478. The van der Waals surface area contributed by atoms with Gasteiger partial charge in [0.25, 0.3) is 6.01 Å². The number of nitrogens with zero attached hydrogens (tertiary/aromatic N) is 2. The highest BCUT2D eigenvalue weighted by atomic mass is 16.4. The topological polar surface area (TPSA) is 41.3 Å². The molecule has 0 radical (unpaired) electrons. The van der Waals surface area contributed by atoms with Crippen LogP contribution in [0.25, 0.3) is 0 Å². The first kappa shape index (κ1) is 15.8. The summed E-state index contributed by atoms with van der Waals surface area (Å²) in [5, 5.41) is 3.40. The fourth-order valence-electron chi connectivity index (χ4n) is 1.63. The summed E-state index contributed by atoms with van der Waals surface area (Å²) in [6.45, 7) is 18.0. The first-order valence-corrected chi connectivity index (χ1v) is 6.71. The van der Waals surface area contributed by atoms with Crippen LogP contribution in [0, 0.1) is 0 Å². The van der Waals surface area contributed by atoms with Crippen molar-refractivity contribution in [2.75, 3.05) is 11.4 Å². The van der Waals surface area contributed by atoms with Crippen molar-refractivity contribution >= 4 is 6.01 Å². The molecule has 19 heavy (non-hydrogen) atoms. The standard InChI is InChI=1S/C15H27N3O/c1-8-9-18(15(5,6)7)13-17-12(11-19-13)10-16-14(2,3)4/h8,11,16H,1,9-10H2,2-7H3. The molecule has 0 aliphatic rings. The lowest BCUT2D eigenvalue weighted by atomic mass is 10.1. The zero-order valence-corrected chi connectivity index (χ0v) is 13.1. The van der Waals surface area contributed by atoms with E-state index in [4.69, 9.17) is 4.42 Å². The Hall–Kier alpha value is -1.29. The summed E-state index contributed by atoms with van der Waals surface area (Å²) in [7, 11) is 0. The highest BCUT2D eigenvalue weighted by Crippen LogP contribution is 2.23. The lowest BCUT2D eigenvalue weighted by molar-refractivity contribution is 0.420. The molecule has 0 saturated heterocycles. The van der Waals surface area contributed by atoms with Gasteiger partial charge in [0.05, 0.1) is 5.69 Å². The van der Waals surface area contributed by atoms with E-state index in [9.17, 15) is 0 Å². The average Bonchev–Trinajstić information content (AvgIpc) is 2.68. The van der Waals surface area contributed by atoms with Gasteiger partial charge in [-0.25, -0.2) is 0 Å². The van der Waals surface area contributed by atoms with Crippen molar-refractivity contribution in [1.29, 1.82) is 0 Å². The van der Waals surface area contributed by atoms with Crippen LogP contribution in [0.2, 0.25) is 0 Å². The Balaban J connectivity index is 2.79. The Morgan fingerprint density at radius 3 is 2.42 bits per heavy atom. The number of rotatable bonds is 5. The molecule has 0 saturated carbocycles. The quantitative estimate of drug-likeness (QED) is 0.829. The van der Waals surface area contributed by atoms with Crippen molar-refractivity contribution in [3.63, 3.8) is 0 Å². The van der Waals surface area contributed by atoms with Crippen molar-refractivity contribution in [3.8, 4) is 0 Å². The Morgan fingerprint density at radius 2 is 1.95 bits per heavy atom. The maximum absolute atomic E-state index is 5.60. The van der Waals surface area contributed by atoms with E-state index in [0.717, 1.165) is 12.2 Å². The van der Waals surface area contributed by atoms with Gasteiger partial charge in [-0.1, -0.05) is 6.08 Å². The fourth-order valence-corrected chi connectivity index (χ4v) is 1.63. The van der Waals surface area contributed by atoms with Crippen molar-refractivity contribution in [2.45, 2.75) is 59.2 Å². The van der Waals surface area contributed by atoms with Gasteiger partial charge < -0.3 is 14.6 Å². The Labute approximate surface area is 116 Å². The number of oxazole rings is 1. The highest BCUT2D eigenvalue weighted by Gasteiger charge is 2.24. The summed E-state index contributed by atoms with van der Waals surface area (Å²) in [5.74, 6) is 0. The van der Waals surface area contributed by atoms with Gasteiger partial charge in [0.15, 0.2) is 0 Å². The smallest absolute Gasteiger partial charge is 0.298 e. The molecule has 0 fully saturated rings. The second-order valence-electron chi connectivity index (χ2n) is 6.80. The third-order valence-electron chi connectivity index (χ3n) is 2.69. The van der Waals surface area contributed by atoms with Crippen LogP contribution in [-0.4, -0.2) is 22.6 Å². The number of aromatic nitrogens is 1. The molecule has 4 nitrogen and oxygen atoms in total. The third-order valence-corrected chi connectivity index (χ3v) is 2.69. The van der Waals surface area contributed by atoms with Crippen molar-refractivity contribution < 1.29 is 4.42 Å². The predicted molar refractivity (Wildman–Crippen MR) is 80.4 cm³/mol. The van der Waals surface area contributed by atoms with Gasteiger partial charge in [0.2, 0.25) is 0 Å². The van der Waals surface area contributed by atoms with E-state index in [-0.39, 0.29) is 11.1 Å². The Kier molecular flexibility index (Phi) is 4.80. The molecule has 0 unspecified atom stereocenters. The van der Waals surface area contributed by atoms with E-state index in [0.29, 0.717) is 12.6 Å². The van der Waals surface area contributed by atoms with E-state index in [1.807, 2.05) is 6.08 Å². The second kappa shape index (κ2) is 5.78. The summed E-state index contributed by atoms with van der Waals surface area (Å²) in [5.41, 5.74) is 0.945. The van der Waals surface area contributed by atoms with Crippen LogP contribution in [0.1, 0.15) is 47.2 Å². The van der Waals surface area contributed by atoms with E-state index in [2.05, 4.69) is 63.3 Å². The van der Waals surface area contributed by atoms with Crippen molar-refractivity contribution in [1.82, 2.24) is 10.3 Å². The minimum atomic E-state index is -0.0478. The molecule has 1 aromatic rings. The van der Waals surface area contributed by atoms with Gasteiger partial charge in [0, 0.05) is 24.2 Å². The molecular weight excluding hydrogens is 238 g/mol. The number of hydrogen-bond donors (Lipinski definition) is 1. The van der Waals surface area contributed by atoms with E-state index in [1.54, 1.807) is 6.26 Å². The number of anilines is 1. The summed E-state index contributed by atoms with van der Waals surface area (Å²) < 4.78 is 5.60. The van der Waals surface area contributed by atoms with E-state index >= 15 is 0 Å². The summed E-state index contributed by atoms with van der Waals surface area (Å²) in [6.07, 6.45) is 3.58. The van der Waals surface area contributed by atoms with Gasteiger partial charge in [-0.05, 0) is 41.5 Å². The molecule has 1 heterocycles. The normalized spacial score (nSPS) is 12.5. The summed E-state index contributed by atoms with van der Waals surface area (Å²) >= 11 is 0. The minimum Gasteiger partial charge on any atom is -0.432 e. The maximum Gasteiger partial charge on any atom is 0.298 e. The Bertz CT molecular complexity index is 410. The van der Waals surface area contributed by atoms with Gasteiger partial charge in [0.1, 0.15) is 6.26 Å². The summed E-state index contributed by atoms with van der Waals surface area (Å²) in [4.78, 5) is 6.65. The van der Waals surface area contributed by atoms with Gasteiger partial charge in [-0.3, -0.25) is 0 Å². The molecule has 4 heteroatoms. The zero-order valence-electron chi connectivity index (χ0n) is 13.1. The van der Waals surface area contributed by atoms with Crippen LogP contribution in [0.5, 0.6) is 0 Å². The van der Waals surface area contributed by atoms with Crippen molar-refractivity contribution in [3.05, 3.63) is 24.6 Å². The zero-order chi connectivity index (χ0) is 14.7. The fraction of sp³-hybridized carbons (Fsp3) is 0.667. The van der Waals surface area contributed by atoms with E-state index < -0.39 is 0 Å². The van der Waals surface area contributed by atoms with Crippen LogP contribution in [0.15, 0.2) is 23.3 Å². The van der Waals surface area contributed by atoms with E-state index in [1.165, 1.54) is 0 Å². The molecule has 0 spiro atoms. The monoisotopic (exact) mass is 265 g/mol. The molecule has 0 aliphatic carbocycles. The Morgan fingerprint density at radius 1 is 1.32 bits per heavy atom. The summed E-state index contributed by atoms with van der Waals surface area (Å²) in [6, 6.07) is 0.651. The van der Waals surface area contributed by atoms with Gasteiger partial charge in [-0.2, -0.15) is 4.98 Å². The second-order valence-corrected chi connectivity index (χ2v) is 6.80. The maximum atomic E-state index is 5.60. The average molecular weight is 265 g/mol. The highest BCUT2D eigenvalue weighted by molar-refractivity contribution is 5.32. The molecule has 0 atom stereocenters. The molecular formula is C15H27N3O. The molecule has 108 valence electrons. The molecule has 0 bridgehead atoms.